The summed E-state index contributed by atoms with van der Waals surface area (Å²) in [6.07, 6.45) is 0.680. The van der Waals surface area contributed by atoms with E-state index < -0.39 is 0 Å². The van der Waals surface area contributed by atoms with Gasteiger partial charge in [0.15, 0.2) is 0 Å². The number of oxime groups is 1. The number of ether oxygens (including phenoxy) is 1. The van der Waals surface area contributed by atoms with Crippen molar-refractivity contribution in [3.05, 3.63) is 72.3 Å². The molecule has 0 saturated carbocycles. The van der Waals surface area contributed by atoms with Gasteiger partial charge in [-0.1, -0.05) is 36.3 Å². The van der Waals surface area contributed by atoms with Crippen molar-refractivity contribution >= 4 is 27.5 Å². The van der Waals surface area contributed by atoms with E-state index in [1.807, 2.05) is 31.2 Å². The van der Waals surface area contributed by atoms with Crippen LogP contribution in [0.15, 0.2) is 71.9 Å². The van der Waals surface area contributed by atoms with Gasteiger partial charge in [0, 0.05) is 22.0 Å². The van der Waals surface area contributed by atoms with Gasteiger partial charge in [-0.05, 0) is 48.9 Å². The molecule has 0 amide bonds. The summed E-state index contributed by atoms with van der Waals surface area (Å²) >= 11 is 0. The van der Waals surface area contributed by atoms with E-state index in [1.54, 1.807) is 7.11 Å². The maximum Gasteiger partial charge on any atom is 0.119 e. The van der Waals surface area contributed by atoms with Gasteiger partial charge in [0.2, 0.25) is 0 Å². The molecule has 0 bridgehead atoms. The summed E-state index contributed by atoms with van der Waals surface area (Å²) < 4.78 is 7.53. The quantitative estimate of drug-likeness (QED) is 0.307. The Bertz CT molecular complexity index is 1110. The van der Waals surface area contributed by atoms with Gasteiger partial charge < -0.3 is 14.5 Å². The van der Waals surface area contributed by atoms with Crippen molar-refractivity contribution in [2.75, 3.05) is 7.11 Å². The van der Waals surface area contributed by atoms with Crippen LogP contribution in [0.25, 0.3) is 27.5 Å². The Morgan fingerprint density at radius 2 is 1.69 bits per heavy atom. The number of fused-ring (bicyclic) bond motifs is 3. The van der Waals surface area contributed by atoms with E-state index in [9.17, 15) is 5.21 Å². The number of nitrogens with zero attached hydrogens (tertiary/aromatic N) is 2. The Balaban J connectivity index is 2.02. The molecule has 1 N–H and O–H groups in total. The summed E-state index contributed by atoms with van der Waals surface area (Å²) in [5.41, 5.74) is 4.97. The predicted octanol–water partition coefficient (Wildman–Crippen LogP) is 5.38. The standard InChI is InChI=1S/C22H20N2O2/c1-3-20(23-25)15-8-13-22-19(14-15)18-6-4-5-7-21(18)24(22)16-9-11-17(26-2)12-10-16/h4-14,25H,3H2,1-2H3. The number of hydrogen-bond acceptors (Lipinski definition) is 3. The molecular weight excluding hydrogens is 324 g/mol. The van der Waals surface area contributed by atoms with E-state index in [1.165, 1.54) is 5.39 Å². The lowest BCUT2D eigenvalue weighted by atomic mass is 10.0. The molecule has 0 saturated heterocycles. The molecule has 3 aromatic carbocycles. The van der Waals surface area contributed by atoms with Crippen molar-refractivity contribution in [3.63, 3.8) is 0 Å². The van der Waals surface area contributed by atoms with Crippen LogP contribution in [0.2, 0.25) is 0 Å². The monoisotopic (exact) mass is 344 g/mol. The second kappa shape index (κ2) is 6.56. The van der Waals surface area contributed by atoms with Crippen molar-refractivity contribution in [1.82, 2.24) is 4.57 Å². The lowest BCUT2D eigenvalue weighted by molar-refractivity contribution is 0.318. The lowest BCUT2D eigenvalue weighted by Gasteiger charge is -2.09. The van der Waals surface area contributed by atoms with Crippen LogP contribution in [0.4, 0.5) is 0 Å². The van der Waals surface area contributed by atoms with Crippen LogP contribution in [0.1, 0.15) is 18.9 Å². The fourth-order valence-corrected chi connectivity index (χ4v) is 3.49. The Morgan fingerprint density at radius 3 is 2.38 bits per heavy atom. The number of para-hydroxylation sites is 1. The topological polar surface area (TPSA) is 46.8 Å². The molecule has 0 spiro atoms. The number of aromatic nitrogens is 1. The van der Waals surface area contributed by atoms with E-state index in [4.69, 9.17) is 4.74 Å². The smallest absolute Gasteiger partial charge is 0.119 e. The van der Waals surface area contributed by atoms with Crippen LogP contribution in [-0.4, -0.2) is 22.6 Å². The fraction of sp³-hybridized carbons (Fsp3) is 0.136. The van der Waals surface area contributed by atoms with Crippen molar-refractivity contribution < 1.29 is 9.94 Å². The highest BCUT2D eigenvalue weighted by Crippen LogP contribution is 2.33. The van der Waals surface area contributed by atoms with Gasteiger partial charge in [0.05, 0.1) is 23.9 Å². The van der Waals surface area contributed by atoms with Crippen LogP contribution >= 0.6 is 0 Å². The minimum absolute atomic E-state index is 0.680. The van der Waals surface area contributed by atoms with Crippen LogP contribution in [0, 0.1) is 0 Å². The minimum atomic E-state index is 0.680. The second-order valence-corrected chi connectivity index (χ2v) is 6.18. The first-order valence-corrected chi connectivity index (χ1v) is 8.65. The van der Waals surface area contributed by atoms with Crippen molar-refractivity contribution in [2.45, 2.75) is 13.3 Å². The zero-order valence-electron chi connectivity index (χ0n) is 14.8. The van der Waals surface area contributed by atoms with Crippen LogP contribution in [0.5, 0.6) is 5.75 Å². The molecule has 4 nitrogen and oxygen atoms in total. The molecule has 0 unspecified atom stereocenters. The zero-order valence-corrected chi connectivity index (χ0v) is 14.8. The first-order chi connectivity index (χ1) is 12.8. The molecule has 130 valence electrons. The molecule has 0 atom stereocenters. The Labute approximate surface area is 151 Å². The molecule has 0 aliphatic carbocycles. The molecule has 1 heterocycles. The van der Waals surface area contributed by atoms with Crippen LogP contribution < -0.4 is 4.74 Å². The third-order valence-corrected chi connectivity index (χ3v) is 4.79. The Kier molecular flexibility index (Phi) is 4.09. The summed E-state index contributed by atoms with van der Waals surface area (Å²) in [4.78, 5) is 0. The maximum atomic E-state index is 9.27. The second-order valence-electron chi connectivity index (χ2n) is 6.18. The molecule has 4 heteroatoms. The number of methoxy groups -OCH3 is 1. The number of benzene rings is 3. The summed E-state index contributed by atoms with van der Waals surface area (Å²) in [6.45, 7) is 1.99. The first kappa shape index (κ1) is 16.2. The summed E-state index contributed by atoms with van der Waals surface area (Å²) in [6, 6.07) is 22.6. The molecule has 0 radical (unpaired) electrons. The van der Waals surface area contributed by atoms with Gasteiger partial charge in [-0.2, -0.15) is 0 Å². The normalized spacial score (nSPS) is 12.0. The van der Waals surface area contributed by atoms with Crippen LogP contribution in [-0.2, 0) is 0 Å². The molecule has 0 aliphatic rings. The van der Waals surface area contributed by atoms with Crippen molar-refractivity contribution in [3.8, 4) is 11.4 Å². The number of rotatable bonds is 4. The molecule has 4 rings (SSSR count). The van der Waals surface area contributed by atoms with E-state index >= 15 is 0 Å². The predicted molar refractivity (Wildman–Crippen MR) is 106 cm³/mol. The minimum Gasteiger partial charge on any atom is -0.497 e. The average Bonchev–Trinajstić information content (AvgIpc) is 3.03. The van der Waals surface area contributed by atoms with Crippen molar-refractivity contribution in [1.29, 1.82) is 0 Å². The molecular formula is C22H20N2O2. The SMILES string of the molecule is CCC(=NO)c1ccc2c(c1)c1ccccc1n2-c1ccc(OC)cc1. The van der Waals surface area contributed by atoms with E-state index in [0.717, 1.165) is 33.4 Å². The highest BCUT2D eigenvalue weighted by atomic mass is 16.5. The molecule has 4 aromatic rings. The first-order valence-electron chi connectivity index (χ1n) is 8.65. The molecule has 26 heavy (non-hydrogen) atoms. The van der Waals surface area contributed by atoms with E-state index in [-0.39, 0.29) is 0 Å². The summed E-state index contributed by atoms with van der Waals surface area (Å²) in [5.74, 6) is 0.837. The summed E-state index contributed by atoms with van der Waals surface area (Å²) in [5, 5.41) is 15.0. The van der Waals surface area contributed by atoms with Gasteiger partial charge >= 0.3 is 0 Å². The van der Waals surface area contributed by atoms with Crippen LogP contribution in [0.3, 0.4) is 0 Å². The molecule has 0 fully saturated rings. The molecule has 1 aromatic heterocycles. The highest BCUT2D eigenvalue weighted by molar-refractivity contribution is 6.12. The Hall–Kier alpha value is -3.27. The Morgan fingerprint density at radius 1 is 0.962 bits per heavy atom. The van der Waals surface area contributed by atoms with E-state index in [2.05, 4.69) is 52.2 Å². The van der Waals surface area contributed by atoms with Gasteiger partial charge in [0.1, 0.15) is 5.75 Å². The van der Waals surface area contributed by atoms with Gasteiger partial charge in [-0.3, -0.25) is 0 Å². The third kappa shape index (κ3) is 2.51. The lowest BCUT2D eigenvalue weighted by Crippen LogP contribution is -1.99. The largest absolute Gasteiger partial charge is 0.497 e. The van der Waals surface area contributed by atoms with Gasteiger partial charge in [0.25, 0.3) is 0 Å². The van der Waals surface area contributed by atoms with Crippen molar-refractivity contribution in [2.24, 2.45) is 5.16 Å². The average molecular weight is 344 g/mol. The maximum absolute atomic E-state index is 9.27. The number of hydrogen-bond donors (Lipinski definition) is 1. The van der Waals surface area contributed by atoms with Gasteiger partial charge in [-0.25, -0.2) is 0 Å². The third-order valence-electron chi connectivity index (χ3n) is 4.79. The highest BCUT2D eigenvalue weighted by Gasteiger charge is 2.13. The van der Waals surface area contributed by atoms with E-state index in [0.29, 0.717) is 12.1 Å². The summed E-state index contributed by atoms with van der Waals surface area (Å²) in [7, 11) is 1.67. The molecule has 0 aliphatic heterocycles. The van der Waals surface area contributed by atoms with Gasteiger partial charge in [-0.15, -0.1) is 0 Å². The zero-order chi connectivity index (χ0) is 18.1. The fourth-order valence-electron chi connectivity index (χ4n) is 3.49.